The average molecular weight is 335 g/mol. The van der Waals surface area contributed by atoms with E-state index in [1.807, 2.05) is 12.1 Å². The molecule has 0 amide bonds. The standard InChI is InChI=1S/C16H12BrFO2/c17-15-8-12(18)3-1-11(15)9-20-13-4-5-14-10(7-13)2-6-16(14)19/h1,3-5,7-8H,2,6,9H2. The fraction of sp³-hybridized carbons (Fsp3) is 0.188. The monoisotopic (exact) mass is 334 g/mol. The van der Waals surface area contributed by atoms with E-state index in [1.165, 1.54) is 12.1 Å². The van der Waals surface area contributed by atoms with E-state index in [1.54, 1.807) is 12.1 Å². The molecule has 102 valence electrons. The van der Waals surface area contributed by atoms with Crippen molar-refractivity contribution in [2.75, 3.05) is 0 Å². The second-order valence-corrected chi connectivity index (χ2v) is 5.62. The van der Waals surface area contributed by atoms with Crippen LogP contribution >= 0.6 is 15.9 Å². The highest BCUT2D eigenvalue weighted by molar-refractivity contribution is 9.10. The van der Waals surface area contributed by atoms with Gasteiger partial charge in [-0.25, -0.2) is 4.39 Å². The number of fused-ring (bicyclic) bond motifs is 1. The van der Waals surface area contributed by atoms with Crippen molar-refractivity contribution in [3.05, 3.63) is 63.4 Å². The van der Waals surface area contributed by atoms with E-state index in [0.717, 1.165) is 28.9 Å². The van der Waals surface area contributed by atoms with Gasteiger partial charge in [0.15, 0.2) is 5.78 Å². The Morgan fingerprint density at radius 3 is 2.80 bits per heavy atom. The second kappa shape index (κ2) is 5.37. The van der Waals surface area contributed by atoms with Crippen LogP contribution in [0.15, 0.2) is 40.9 Å². The van der Waals surface area contributed by atoms with Gasteiger partial charge < -0.3 is 4.74 Å². The van der Waals surface area contributed by atoms with Gasteiger partial charge in [-0.05, 0) is 42.3 Å². The minimum Gasteiger partial charge on any atom is -0.489 e. The van der Waals surface area contributed by atoms with Gasteiger partial charge in [-0.2, -0.15) is 0 Å². The molecule has 3 rings (SSSR count). The highest BCUT2D eigenvalue weighted by atomic mass is 79.9. The predicted octanol–water partition coefficient (Wildman–Crippen LogP) is 4.30. The molecule has 1 aliphatic carbocycles. The van der Waals surface area contributed by atoms with Crippen LogP contribution in [0.5, 0.6) is 5.75 Å². The number of rotatable bonds is 3. The Morgan fingerprint density at radius 2 is 2.00 bits per heavy atom. The average Bonchev–Trinajstić information content (AvgIpc) is 2.79. The lowest BCUT2D eigenvalue weighted by molar-refractivity contribution is 0.0994. The van der Waals surface area contributed by atoms with Crippen LogP contribution in [-0.2, 0) is 13.0 Å². The van der Waals surface area contributed by atoms with E-state index in [9.17, 15) is 9.18 Å². The molecule has 0 atom stereocenters. The summed E-state index contributed by atoms with van der Waals surface area (Å²) in [5.74, 6) is 0.652. The third-order valence-corrected chi connectivity index (χ3v) is 4.15. The van der Waals surface area contributed by atoms with Gasteiger partial charge in [0.25, 0.3) is 0 Å². The first kappa shape index (κ1) is 13.3. The van der Waals surface area contributed by atoms with Crippen LogP contribution in [-0.4, -0.2) is 5.78 Å². The third kappa shape index (κ3) is 2.61. The predicted molar refractivity (Wildman–Crippen MR) is 77.5 cm³/mol. The van der Waals surface area contributed by atoms with Gasteiger partial charge in [-0.3, -0.25) is 4.79 Å². The molecule has 0 bridgehead atoms. The van der Waals surface area contributed by atoms with E-state index in [-0.39, 0.29) is 11.6 Å². The lowest BCUT2D eigenvalue weighted by Crippen LogP contribution is -1.98. The summed E-state index contributed by atoms with van der Waals surface area (Å²) in [6.45, 7) is 0.355. The summed E-state index contributed by atoms with van der Waals surface area (Å²) in [6.07, 6.45) is 1.37. The number of ketones is 1. The molecular weight excluding hydrogens is 323 g/mol. The summed E-state index contributed by atoms with van der Waals surface area (Å²) in [6, 6.07) is 10.1. The molecular formula is C16H12BrFO2. The van der Waals surface area contributed by atoms with Crippen molar-refractivity contribution < 1.29 is 13.9 Å². The molecule has 20 heavy (non-hydrogen) atoms. The third-order valence-electron chi connectivity index (χ3n) is 3.41. The maximum atomic E-state index is 13.0. The Balaban J connectivity index is 1.74. The number of Topliss-reactive ketones (excluding diaryl/α,β-unsaturated/α-hetero) is 1. The summed E-state index contributed by atoms with van der Waals surface area (Å²) < 4.78 is 19.4. The number of carbonyl (C=O) groups excluding carboxylic acids is 1. The van der Waals surface area contributed by atoms with E-state index in [0.29, 0.717) is 17.5 Å². The van der Waals surface area contributed by atoms with Gasteiger partial charge in [0.05, 0.1) is 0 Å². The molecule has 0 N–H and O–H groups in total. The molecule has 0 spiro atoms. The Bertz CT molecular complexity index is 682. The van der Waals surface area contributed by atoms with Gasteiger partial charge in [0, 0.05) is 22.0 Å². The van der Waals surface area contributed by atoms with Crippen molar-refractivity contribution >= 4 is 21.7 Å². The van der Waals surface area contributed by atoms with Gasteiger partial charge in [0.2, 0.25) is 0 Å². The van der Waals surface area contributed by atoms with Crippen LogP contribution in [0, 0.1) is 5.82 Å². The summed E-state index contributed by atoms with van der Waals surface area (Å²) in [7, 11) is 0. The first-order chi connectivity index (χ1) is 9.63. The molecule has 2 aromatic carbocycles. The molecule has 4 heteroatoms. The molecule has 2 nitrogen and oxygen atoms in total. The Kier molecular flexibility index (Phi) is 3.57. The van der Waals surface area contributed by atoms with E-state index in [2.05, 4.69) is 15.9 Å². The van der Waals surface area contributed by atoms with Crippen molar-refractivity contribution in [2.45, 2.75) is 19.4 Å². The minimum atomic E-state index is -0.281. The van der Waals surface area contributed by atoms with Gasteiger partial charge in [0.1, 0.15) is 18.2 Å². The fourth-order valence-corrected chi connectivity index (χ4v) is 2.79. The highest BCUT2D eigenvalue weighted by Gasteiger charge is 2.19. The van der Waals surface area contributed by atoms with Crippen molar-refractivity contribution in [3.63, 3.8) is 0 Å². The van der Waals surface area contributed by atoms with Crippen LogP contribution in [0.3, 0.4) is 0 Å². The van der Waals surface area contributed by atoms with Crippen LogP contribution in [0.4, 0.5) is 4.39 Å². The van der Waals surface area contributed by atoms with Crippen molar-refractivity contribution in [1.82, 2.24) is 0 Å². The number of halogens is 2. The molecule has 0 radical (unpaired) electrons. The number of benzene rings is 2. The normalized spacial score (nSPS) is 13.4. The molecule has 0 heterocycles. The summed E-state index contributed by atoms with van der Waals surface area (Å²) in [5.41, 5.74) is 2.73. The summed E-state index contributed by atoms with van der Waals surface area (Å²) >= 11 is 3.31. The second-order valence-electron chi connectivity index (χ2n) is 4.77. The minimum absolute atomic E-state index is 0.202. The quantitative estimate of drug-likeness (QED) is 0.836. The van der Waals surface area contributed by atoms with Crippen molar-refractivity contribution in [1.29, 1.82) is 0 Å². The molecule has 1 aliphatic rings. The maximum Gasteiger partial charge on any atom is 0.163 e. The largest absolute Gasteiger partial charge is 0.489 e. The lowest BCUT2D eigenvalue weighted by Gasteiger charge is -2.09. The van der Waals surface area contributed by atoms with E-state index < -0.39 is 0 Å². The first-order valence-corrected chi connectivity index (χ1v) is 7.15. The zero-order valence-corrected chi connectivity index (χ0v) is 12.2. The summed E-state index contributed by atoms with van der Waals surface area (Å²) in [4.78, 5) is 11.6. The number of carbonyl (C=O) groups is 1. The molecule has 0 aromatic heterocycles. The van der Waals surface area contributed by atoms with Crippen LogP contribution in [0.25, 0.3) is 0 Å². The zero-order valence-electron chi connectivity index (χ0n) is 10.7. The lowest BCUT2D eigenvalue weighted by atomic mass is 10.1. The maximum absolute atomic E-state index is 13.0. The van der Waals surface area contributed by atoms with Crippen LogP contribution in [0.1, 0.15) is 27.9 Å². The molecule has 0 saturated heterocycles. The van der Waals surface area contributed by atoms with E-state index in [4.69, 9.17) is 4.74 Å². The summed E-state index contributed by atoms with van der Waals surface area (Å²) in [5, 5.41) is 0. The van der Waals surface area contributed by atoms with Gasteiger partial charge in [-0.1, -0.05) is 22.0 Å². The number of ether oxygens (including phenoxy) is 1. The van der Waals surface area contributed by atoms with Crippen molar-refractivity contribution in [3.8, 4) is 5.75 Å². The number of hydrogen-bond donors (Lipinski definition) is 0. The van der Waals surface area contributed by atoms with Crippen molar-refractivity contribution in [2.24, 2.45) is 0 Å². The van der Waals surface area contributed by atoms with Gasteiger partial charge in [-0.15, -0.1) is 0 Å². The highest BCUT2D eigenvalue weighted by Crippen LogP contribution is 2.27. The topological polar surface area (TPSA) is 26.3 Å². The zero-order chi connectivity index (χ0) is 14.1. The number of hydrogen-bond acceptors (Lipinski definition) is 2. The van der Waals surface area contributed by atoms with Crippen LogP contribution in [0.2, 0.25) is 0 Å². The molecule has 0 unspecified atom stereocenters. The fourth-order valence-electron chi connectivity index (χ4n) is 2.32. The Hall–Kier alpha value is -1.68. The number of aryl methyl sites for hydroxylation is 1. The smallest absolute Gasteiger partial charge is 0.163 e. The Morgan fingerprint density at radius 1 is 1.15 bits per heavy atom. The SMILES string of the molecule is O=C1CCc2cc(OCc3ccc(F)cc3Br)ccc21. The first-order valence-electron chi connectivity index (χ1n) is 6.36. The molecule has 0 saturated carbocycles. The Labute approximate surface area is 124 Å². The van der Waals surface area contributed by atoms with Gasteiger partial charge >= 0.3 is 0 Å². The van der Waals surface area contributed by atoms with Crippen LogP contribution < -0.4 is 4.74 Å². The van der Waals surface area contributed by atoms with E-state index >= 15 is 0 Å². The molecule has 2 aromatic rings. The molecule has 0 aliphatic heterocycles. The molecule has 0 fully saturated rings.